The fourth-order valence-electron chi connectivity index (χ4n) is 3.75. The molecule has 2 atom stereocenters. The molecule has 124 valence electrons. The van der Waals surface area contributed by atoms with Crippen LogP contribution in [-0.4, -0.2) is 43.7 Å². The van der Waals surface area contributed by atoms with E-state index in [1.54, 1.807) is 0 Å². The van der Waals surface area contributed by atoms with E-state index in [1.807, 2.05) is 0 Å². The summed E-state index contributed by atoms with van der Waals surface area (Å²) in [6.07, 6.45) is 4.02. The minimum Gasteiger partial charge on any atom is -0.313 e. The first-order valence-corrected chi connectivity index (χ1v) is 8.63. The van der Waals surface area contributed by atoms with Crippen molar-refractivity contribution < 1.29 is 0 Å². The molecule has 2 aliphatic heterocycles. The van der Waals surface area contributed by atoms with Crippen LogP contribution in [0.2, 0.25) is 0 Å². The standard InChI is InChI=1S/C18H22N6/c1-19-18(22-14-9-12-5-2-3-6-13(12)10-14)23-17-15-11-21-24-16(15)7-4-8-20-17/h2-3,5-6,14-16H,1,4,7-11H2,(H,20,22,23). The van der Waals surface area contributed by atoms with Gasteiger partial charge in [-0.2, -0.15) is 10.2 Å². The molecule has 0 radical (unpaired) electrons. The zero-order valence-electron chi connectivity index (χ0n) is 13.7. The Labute approximate surface area is 141 Å². The van der Waals surface area contributed by atoms with E-state index in [2.05, 4.69) is 56.5 Å². The summed E-state index contributed by atoms with van der Waals surface area (Å²) in [6, 6.07) is 9.00. The molecule has 0 amide bonds. The highest BCUT2D eigenvalue weighted by Crippen LogP contribution is 2.25. The molecule has 2 heterocycles. The predicted octanol–water partition coefficient (Wildman–Crippen LogP) is 2.44. The number of hydrogen-bond acceptors (Lipinski definition) is 4. The molecule has 1 aromatic carbocycles. The Morgan fingerprint density at radius 2 is 2.00 bits per heavy atom. The van der Waals surface area contributed by atoms with Gasteiger partial charge in [0.25, 0.3) is 0 Å². The summed E-state index contributed by atoms with van der Waals surface area (Å²) in [5.74, 6) is 1.73. The molecule has 0 bridgehead atoms. The number of amidine groups is 1. The van der Waals surface area contributed by atoms with Crippen LogP contribution in [-0.2, 0) is 12.8 Å². The quantitative estimate of drug-likeness (QED) is 0.626. The second kappa shape index (κ2) is 6.63. The first kappa shape index (κ1) is 15.2. The molecule has 4 rings (SSSR count). The normalized spacial score (nSPS) is 26.5. The highest BCUT2D eigenvalue weighted by Gasteiger charge is 2.32. The summed E-state index contributed by atoms with van der Waals surface area (Å²) in [5.41, 5.74) is 2.77. The van der Waals surface area contributed by atoms with E-state index >= 15 is 0 Å². The number of azo groups is 1. The van der Waals surface area contributed by atoms with E-state index in [1.165, 1.54) is 11.1 Å². The van der Waals surface area contributed by atoms with Crippen LogP contribution in [0.25, 0.3) is 0 Å². The summed E-state index contributed by atoms with van der Waals surface area (Å²) < 4.78 is 0. The lowest BCUT2D eigenvalue weighted by atomic mass is 9.97. The Hall–Kier alpha value is -2.37. The number of guanidine groups is 1. The van der Waals surface area contributed by atoms with Gasteiger partial charge in [0.1, 0.15) is 5.84 Å². The molecule has 24 heavy (non-hydrogen) atoms. The molecule has 6 heteroatoms. The zero-order valence-corrected chi connectivity index (χ0v) is 13.7. The summed E-state index contributed by atoms with van der Waals surface area (Å²) in [5, 5.41) is 11.9. The van der Waals surface area contributed by atoms with E-state index in [9.17, 15) is 0 Å². The lowest BCUT2D eigenvalue weighted by molar-refractivity contribution is 0.552. The molecule has 0 saturated carbocycles. The third-order valence-corrected chi connectivity index (χ3v) is 4.99. The van der Waals surface area contributed by atoms with Crippen molar-refractivity contribution in [1.82, 2.24) is 5.32 Å². The van der Waals surface area contributed by atoms with Gasteiger partial charge >= 0.3 is 0 Å². The van der Waals surface area contributed by atoms with E-state index < -0.39 is 0 Å². The molecule has 0 spiro atoms. The SMILES string of the molecule is C=NC(=NC1Cc2ccccc2C1)NC1=NCCCC2N=NCC12. The summed E-state index contributed by atoms with van der Waals surface area (Å²) in [4.78, 5) is 13.6. The van der Waals surface area contributed by atoms with Crippen LogP contribution in [0.15, 0.2) is 49.5 Å². The van der Waals surface area contributed by atoms with Crippen molar-refractivity contribution >= 4 is 18.5 Å². The number of nitrogens with one attached hydrogen (secondary N) is 1. The fraction of sp³-hybridized carbons (Fsp3) is 0.500. The molecule has 1 aliphatic carbocycles. The average Bonchev–Trinajstić information content (AvgIpc) is 3.18. The van der Waals surface area contributed by atoms with Gasteiger partial charge in [0.05, 0.1) is 24.5 Å². The van der Waals surface area contributed by atoms with Crippen LogP contribution < -0.4 is 5.32 Å². The first-order valence-electron chi connectivity index (χ1n) is 8.63. The van der Waals surface area contributed by atoms with Crippen molar-refractivity contribution in [2.75, 3.05) is 13.1 Å². The Bertz CT molecular complexity index is 695. The Kier molecular flexibility index (Phi) is 4.19. The van der Waals surface area contributed by atoms with Crippen molar-refractivity contribution in [2.45, 2.75) is 37.8 Å². The van der Waals surface area contributed by atoms with Gasteiger partial charge < -0.3 is 5.32 Å². The van der Waals surface area contributed by atoms with Crippen molar-refractivity contribution in [1.29, 1.82) is 0 Å². The van der Waals surface area contributed by atoms with Gasteiger partial charge in [-0.25, -0.2) is 9.98 Å². The molecule has 0 fully saturated rings. The van der Waals surface area contributed by atoms with Gasteiger partial charge in [0.2, 0.25) is 5.96 Å². The molecule has 0 saturated heterocycles. The zero-order chi connectivity index (χ0) is 16.4. The Balaban J connectivity index is 1.48. The van der Waals surface area contributed by atoms with Gasteiger partial charge in [-0.1, -0.05) is 24.3 Å². The summed E-state index contributed by atoms with van der Waals surface area (Å²) in [7, 11) is 0. The average molecular weight is 322 g/mol. The van der Waals surface area contributed by atoms with Crippen LogP contribution >= 0.6 is 0 Å². The van der Waals surface area contributed by atoms with Gasteiger partial charge in [0.15, 0.2) is 0 Å². The topological polar surface area (TPSA) is 73.8 Å². The Morgan fingerprint density at radius 3 is 2.75 bits per heavy atom. The van der Waals surface area contributed by atoms with Gasteiger partial charge in [-0.05, 0) is 43.5 Å². The van der Waals surface area contributed by atoms with Gasteiger partial charge in [0, 0.05) is 6.54 Å². The molecule has 2 unspecified atom stereocenters. The largest absolute Gasteiger partial charge is 0.313 e. The molecule has 1 aromatic rings. The maximum absolute atomic E-state index is 4.78. The summed E-state index contributed by atoms with van der Waals surface area (Å²) >= 11 is 0. The molecule has 0 aromatic heterocycles. The number of nitrogens with zero attached hydrogens (tertiary/aromatic N) is 5. The molecular weight excluding hydrogens is 300 g/mol. The van der Waals surface area contributed by atoms with Crippen LogP contribution in [0.4, 0.5) is 0 Å². The fourth-order valence-corrected chi connectivity index (χ4v) is 3.75. The molecular formula is C18H22N6. The number of hydrogen-bond donors (Lipinski definition) is 1. The molecule has 3 aliphatic rings. The lowest BCUT2D eigenvalue weighted by Crippen LogP contribution is -2.39. The van der Waals surface area contributed by atoms with Crippen molar-refractivity contribution in [3.05, 3.63) is 35.4 Å². The predicted molar refractivity (Wildman–Crippen MR) is 96.3 cm³/mol. The van der Waals surface area contributed by atoms with E-state index in [0.717, 1.165) is 38.1 Å². The minimum atomic E-state index is 0.218. The lowest BCUT2D eigenvalue weighted by Gasteiger charge is -2.17. The molecule has 1 N–H and O–H groups in total. The van der Waals surface area contributed by atoms with Crippen LogP contribution in [0.3, 0.4) is 0 Å². The molecule has 6 nitrogen and oxygen atoms in total. The van der Waals surface area contributed by atoms with Crippen molar-refractivity contribution in [2.24, 2.45) is 31.1 Å². The van der Waals surface area contributed by atoms with E-state index in [4.69, 9.17) is 4.99 Å². The number of aliphatic imine (C=N–C) groups is 3. The monoisotopic (exact) mass is 322 g/mol. The summed E-state index contributed by atoms with van der Waals surface area (Å²) in [6.45, 7) is 5.21. The maximum Gasteiger partial charge on any atom is 0.223 e. The second-order valence-electron chi connectivity index (χ2n) is 6.59. The van der Waals surface area contributed by atoms with E-state index in [0.29, 0.717) is 12.5 Å². The van der Waals surface area contributed by atoms with Gasteiger partial charge in [-0.15, -0.1) is 0 Å². The number of fused-ring (bicyclic) bond motifs is 2. The third kappa shape index (κ3) is 3.00. The second-order valence-corrected chi connectivity index (χ2v) is 6.59. The highest BCUT2D eigenvalue weighted by atomic mass is 15.2. The van der Waals surface area contributed by atoms with Crippen LogP contribution in [0.5, 0.6) is 0 Å². The Morgan fingerprint density at radius 1 is 1.21 bits per heavy atom. The van der Waals surface area contributed by atoms with Crippen LogP contribution in [0.1, 0.15) is 24.0 Å². The van der Waals surface area contributed by atoms with Crippen LogP contribution in [0, 0.1) is 5.92 Å². The maximum atomic E-state index is 4.78. The van der Waals surface area contributed by atoms with E-state index in [-0.39, 0.29) is 18.0 Å². The number of benzene rings is 1. The first-order chi connectivity index (χ1) is 11.8. The number of rotatable bonds is 1. The smallest absolute Gasteiger partial charge is 0.223 e. The van der Waals surface area contributed by atoms with Crippen molar-refractivity contribution in [3.63, 3.8) is 0 Å². The van der Waals surface area contributed by atoms with Gasteiger partial charge in [-0.3, -0.25) is 4.99 Å². The van der Waals surface area contributed by atoms with Crippen molar-refractivity contribution in [3.8, 4) is 0 Å². The third-order valence-electron chi connectivity index (χ3n) is 4.99. The minimum absolute atomic E-state index is 0.218. The highest BCUT2D eigenvalue weighted by molar-refractivity contribution is 6.02.